The summed E-state index contributed by atoms with van der Waals surface area (Å²) in [5, 5.41) is 19.0. The van der Waals surface area contributed by atoms with E-state index in [0.717, 1.165) is 19.0 Å². The van der Waals surface area contributed by atoms with Crippen molar-refractivity contribution in [3.63, 3.8) is 0 Å². The van der Waals surface area contributed by atoms with Crippen LogP contribution in [0, 0.1) is 17.2 Å². The summed E-state index contributed by atoms with van der Waals surface area (Å²) < 4.78 is 10.9. The van der Waals surface area contributed by atoms with Crippen LogP contribution in [-0.2, 0) is 0 Å². The number of ether oxygens (including phenoxy) is 2. The van der Waals surface area contributed by atoms with Crippen LogP contribution in [0.2, 0.25) is 0 Å². The van der Waals surface area contributed by atoms with Crippen LogP contribution in [0.25, 0.3) is 0 Å². The van der Waals surface area contributed by atoms with Crippen LogP contribution in [-0.4, -0.2) is 49.5 Å². The molecule has 1 aromatic rings. The van der Waals surface area contributed by atoms with Gasteiger partial charge in [-0.1, -0.05) is 6.92 Å². The Hall–Kier alpha value is -1.77. The van der Waals surface area contributed by atoms with Crippen LogP contribution >= 0.6 is 0 Å². The number of likely N-dealkylation sites (tertiary alicyclic amines) is 1. The molecule has 1 atom stereocenters. The van der Waals surface area contributed by atoms with E-state index in [1.807, 2.05) is 0 Å². The normalized spacial score (nSPS) is 17.7. The van der Waals surface area contributed by atoms with Gasteiger partial charge in [-0.05, 0) is 44.0 Å². The van der Waals surface area contributed by atoms with Crippen molar-refractivity contribution in [2.75, 3.05) is 33.4 Å². The Kier molecular flexibility index (Phi) is 6.05. The topological polar surface area (TPSA) is 65.7 Å². The Morgan fingerprint density at radius 1 is 1.36 bits per heavy atom. The van der Waals surface area contributed by atoms with Crippen LogP contribution in [0.1, 0.15) is 25.3 Å². The molecule has 0 bridgehead atoms. The van der Waals surface area contributed by atoms with Crippen molar-refractivity contribution in [3.05, 3.63) is 23.8 Å². The number of nitriles is 1. The Bertz CT molecular complexity index is 519. The van der Waals surface area contributed by atoms with Gasteiger partial charge in [-0.15, -0.1) is 0 Å². The second kappa shape index (κ2) is 8.02. The molecule has 0 aromatic heterocycles. The Balaban J connectivity index is 1.83. The second-order valence-corrected chi connectivity index (χ2v) is 5.93. The zero-order valence-electron chi connectivity index (χ0n) is 13.3. The molecule has 0 radical (unpaired) electrons. The smallest absolute Gasteiger partial charge is 0.162 e. The van der Waals surface area contributed by atoms with Crippen LogP contribution in [0.5, 0.6) is 11.5 Å². The molecule has 1 N–H and O–H groups in total. The minimum atomic E-state index is -0.534. The molecular formula is C17H24N2O3. The van der Waals surface area contributed by atoms with Gasteiger partial charge in [-0.25, -0.2) is 0 Å². The lowest BCUT2D eigenvalue weighted by Gasteiger charge is -2.31. The maximum atomic E-state index is 10.1. The molecule has 5 heteroatoms. The van der Waals surface area contributed by atoms with E-state index in [1.165, 1.54) is 20.0 Å². The van der Waals surface area contributed by atoms with Crippen LogP contribution in [0.3, 0.4) is 0 Å². The number of methoxy groups -OCH3 is 1. The largest absolute Gasteiger partial charge is 0.493 e. The summed E-state index contributed by atoms with van der Waals surface area (Å²) in [6.07, 6.45) is 1.85. The number of hydrogen-bond acceptors (Lipinski definition) is 5. The molecule has 0 spiro atoms. The molecule has 0 aliphatic carbocycles. The number of aliphatic hydroxyl groups excluding tert-OH is 1. The quantitative estimate of drug-likeness (QED) is 0.871. The number of β-amino-alcohol motifs (C(OH)–C–C–N with tert-alkyl or cyclic N) is 1. The van der Waals surface area contributed by atoms with Crippen molar-refractivity contribution < 1.29 is 14.6 Å². The summed E-state index contributed by atoms with van der Waals surface area (Å²) in [7, 11) is 1.54. The van der Waals surface area contributed by atoms with E-state index in [1.54, 1.807) is 18.2 Å². The summed E-state index contributed by atoms with van der Waals surface area (Å²) in [6, 6.07) is 7.07. The minimum Gasteiger partial charge on any atom is -0.493 e. The fourth-order valence-electron chi connectivity index (χ4n) is 2.64. The Morgan fingerprint density at radius 3 is 2.73 bits per heavy atom. The highest BCUT2D eigenvalue weighted by Crippen LogP contribution is 2.28. The molecule has 5 nitrogen and oxygen atoms in total. The van der Waals surface area contributed by atoms with Crippen molar-refractivity contribution in [1.29, 1.82) is 5.26 Å². The summed E-state index contributed by atoms with van der Waals surface area (Å²) in [4.78, 5) is 2.28. The summed E-state index contributed by atoms with van der Waals surface area (Å²) in [6.45, 7) is 5.20. The lowest BCUT2D eigenvalue weighted by molar-refractivity contribution is 0.0555. The first-order valence-corrected chi connectivity index (χ1v) is 7.73. The van der Waals surface area contributed by atoms with Crippen LogP contribution < -0.4 is 9.47 Å². The van der Waals surface area contributed by atoms with E-state index in [0.29, 0.717) is 23.6 Å². The third-order valence-electron chi connectivity index (χ3n) is 4.07. The molecule has 0 unspecified atom stereocenters. The molecule has 0 amide bonds. The fraction of sp³-hybridized carbons (Fsp3) is 0.588. The van der Waals surface area contributed by atoms with Crippen molar-refractivity contribution >= 4 is 0 Å². The molecule has 1 fully saturated rings. The molecule has 120 valence electrons. The summed E-state index contributed by atoms with van der Waals surface area (Å²) >= 11 is 0. The maximum absolute atomic E-state index is 10.1. The van der Waals surface area contributed by atoms with Gasteiger partial charge in [0.2, 0.25) is 0 Å². The summed E-state index contributed by atoms with van der Waals surface area (Å²) in [5.41, 5.74) is 0.521. The lowest BCUT2D eigenvalue weighted by Crippen LogP contribution is -2.40. The zero-order valence-corrected chi connectivity index (χ0v) is 13.3. The van der Waals surface area contributed by atoms with E-state index in [2.05, 4.69) is 17.9 Å². The number of aliphatic hydroxyl groups is 1. The molecule has 1 saturated heterocycles. The van der Waals surface area contributed by atoms with Crippen LogP contribution in [0.4, 0.5) is 0 Å². The number of rotatable bonds is 6. The average Bonchev–Trinajstić information content (AvgIpc) is 2.55. The Labute approximate surface area is 132 Å². The lowest BCUT2D eigenvalue weighted by atomic mass is 9.99. The van der Waals surface area contributed by atoms with E-state index in [9.17, 15) is 5.11 Å². The zero-order chi connectivity index (χ0) is 15.9. The predicted octanol–water partition coefficient (Wildman–Crippen LogP) is 2.04. The first-order valence-electron chi connectivity index (χ1n) is 7.73. The highest BCUT2D eigenvalue weighted by atomic mass is 16.5. The van der Waals surface area contributed by atoms with Gasteiger partial charge in [-0.2, -0.15) is 5.26 Å². The number of hydrogen-bond donors (Lipinski definition) is 1. The highest BCUT2D eigenvalue weighted by molar-refractivity contribution is 5.46. The third-order valence-corrected chi connectivity index (χ3v) is 4.07. The van der Waals surface area contributed by atoms with E-state index >= 15 is 0 Å². The molecule has 22 heavy (non-hydrogen) atoms. The second-order valence-electron chi connectivity index (χ2n) is 5.93. The average molecular weight is 304 g/mol. The molecule has 1 aliphatic rings. The van der Waals surface area contributed by atoms with Crippen molar-refractivity contribution in [3.8, 4) is 17.6 Å². The number of piperidine rings is 1. The van der Waals surface area contributed by atoms with Crippen LogP contribution in [0.15, 0.2) is 18.2 Å². The first-order chi connectivity index (χ1) is 10.6. The maximum Gasteiger partial charge on any atom is 0.162 e. The van der Waals surface area contributed by atoms with Gasteiger partial charge in [0.15, 0.2) is 11.5 Å². The fourth-order valence-corrected chi connectivity index (χ4v) is 2.64. The van der Waals surface area contributed by atoms with E-state index in [4.69, 9.17) is 14.7 Å². The van der Waals surface area contributed by atoms with Crippen molar-refractivity contribution in [2.45, 2.75) is 25.9 Å². The van der Waals surface area contributed by atoms with E-state index in [-0.39, 0.29) is 6.61 Å². The van der Waals surface area contributed by atoms with E-state index < -0.39 is 6.10 Å². The highest BCUT2D eigenvalue weighted by Gasteiger charge is 2.19. The molecule has 0 saturated carbocycles. The van der Waals surface area contributed by atoms with Gasteiger partial charge in [0, 0.05) is 12.6 Å². The van der Waals surface area contributed by atoms with Gasteiger partial charge in [-0.3, -0.25) is 0 Å². The SMILES string of the molecule is COc1cc(C#N)ccc1OC[C@@H](O)CN1CCC(C)CC1. The molecule has 1 aliphatic heterocycles. The third kappa shape index (κ3) is 4.62. The summed E-state index contributed by atoms with van der Waals surface area (Å²) in [5.74, 6) is 1.85. The molecule has 1 heterocycles. The van der Waals surface area contributed by atoms with Gasteiger partial charge in [0.25, 0.3) is 0 Å². The minimum absolute atomic E-state index is 0.217. The first kappa shape index (κ1) is 16.6. The number of benzene rings is 1. The van der Waals surface area contributed by atoms with Gasteiger partial charge in [0.1, 0.15) is 12.7 Å². The molecular weight excluding hydrogens is 280 g/mol. The van der Waals surface area contributed by atoms with Gasteiger partial charge in [0.05, 0.1) is 18.7 Å². The van der Waals surface area contributed by atoms with Crippen molar-refractivity contribution in [1.82, 2.24) is 4.90 Å². The standard InChI is InChI=1S/C17H24N2O3/c1-13-5-7-19(8-6-13)11-15(20)12-22-16-4-3-14(10-18)9-17(16)21-2/h3-4,9,13,15,20H,5-8,11-12H2,1-2H3/t15-/m0/s1. The predicted molar refractivity (Wildman–Crippen MR) is 84.0 cm³/mol. The molecule has 2 rings (SSSR count). The van der Waals surface area contributed by atoms with Crippen molar-refractivity contribution in [2.24, 2.45) is 5.92 Å². The monoisotopic (exact) mass is 304 g/mol. The molecule has 1 aromatic carbocycles. The van der Waals surface area contributed by atoms with Gasteiger partial charge < -0.3 is 19.5 Å². The Morgan fingerprint density at radius 2 is 2.09 bits per heavy atom. The van der Waals surface area contributed by atoms with Gasteiger partial charge >= 0.3 is 0 Å². The number of nitrogens with zero attached hydrogens (tertiary/aromatic N) is 2.